The summed E-state index contributed by atoms with van der Waals surface area (Å²) in [5.74, 6) is 0.361. The Morgan fingerprint density at radius 1 is 1.41 bits per heavy atom. The zero-order valence-corrected chi connectivity index (χ0v) is 12.5. The number of nitrogens with zero attached hydrogens (tertiary/aromatic N) is 2. The summed E-state index contributed by atoms with van der Waals surface area (Å²) in [6.45, 7) is 4.50. The number of sulfonamides is 1. The van der Waals surface area contributed by atoms with Crippen LogP contribution in [0.2, 0.25) is 0 Å². The molecule has 1 heterocycles. The Bertz CT molecular complexity index is 486. The first-order chi connectivity index (χ1) is 7.97. The van der Waals surface area contributed by atoms with Gasteiger partial charge in [-0.1, -0.05) is 13.8 Å². The average Bonchev–Trinajstić information content (AvgIpc) is 2.30. The normalized spacial score (nSPS) is 11.8. The number of hydrogen-bond donors (Lipinski definition) is 1. The van der Waals surface area contributed by atoms with Gasteiger partial charge in [-0.2, -0.15) is 4.31 Å². The maximum absolute atomic E-state index is 12.4. The van der Waals surface area contributed by atoms with E-state index in [-0.39, 0.29) is 4.90 Å². The summed E-state index contributed by atoms with van der Waals surface area (Å²) >= 11 is 3.24. The predicted molar refractivity (Wildman–Crippen MR) is 71.6 cm³/mol. The molecule has 0 spiro atoms. The molecule has 0 aliphatic heterocycles. The van der Waals surface area contributed by atoms with E-state index in [1.54, 1.807) is 19.3 Å². The van der Waals surface area contributed by atoms with Crippen LogP contribution in [0.1, 0.15) is 13.8 Å². The van der Waals surface area contributed by atoms with Crippen molar-refractivity contribution in [3.8, 4) is 0 Å². The molecule has 0 aromatic carbocycles. The van der Waals surface area contributed by atoms with Gasteiger partial charge in [0.05, 0.1) is 0 Å². The lowest BCUT2D eigenvalue weighted by molar-refractivity contribution is 0.445. The standard InChI is InChI=1S/C10H16BrN3O2S/c1-4-14(5-2)17(15,16)9-6-8(11)7-13-10(9)12-3/h6-7H,4-5H2,1-3H3,(H,12,13). The van der Waals surface area contributed by atoms with Crippen molar-refractivity contribution in [2.24, 2.45) is 0 Å². The minimum absolute atomic E-state index is 0.193. The molecule has 1 N–H and O–H groups in total. The van der Waals surface area contributed by atoms with Crippen molar-refractivity contribution in [3.05, 3.63) is 16.7 Å². The Balaban J connectivity index is 3.36. The first-order valence-corrected chi connectivity index (χ1v) is 7.54. The largest absolute Gasteiger partial charge is 0.372 e. The van der Waals surface area contributed by atoms with Crippen molar-refractivity contribution >= 4 is 31.8 Å². The molecular formula is C10H16BrN3O2S. The van der Waals surface area contributed by atoms with Gasteiger partial charge in [-0.05, 0) is 22.0 Å². The van der Waals surface area contributed by atoms with E-state index >= 15 is 0 Å². The maximum atomic E-state index is 12.4. The lowest BCUT2D eigenvalue weighted by Crippen LogP contribution is -2.31. The fourth-order valence-corrected chi connectivity index (χ4v) is 3.62. The molecule has 17 heavy (non-hydrogen) atoms. The van der Waals surface area contributed by atoms with Crippen molar-refractivity contribution in [1.29, 1.82) is 0 Å². The van der Waals surface area contributed by atoms with Gasteiger partial charge in [0.15, 0.2) is 0 Å². The second kappa shape index (κ2) is 5.79. The minimum atomic E-state index is -3.49. The molecule has 7 heteroatoms. The van der Waals surface area contributed by atoms with E-state index in [9.17, 15) is 8.42 Å². The average molecular weight is 322 g/mol. The van der Waals surface area contributed by atoms with Gasteiger partial charge < -0.3 is 5.32 Å². The van der Waals surface area contributed by atoms with Crippen molar-refractivity contribution < 1.29 is 8.42 Å². The highest BCUT2D eigenvalue weighted by atomic mass is 79.9. The van der Waals surface area contributed by atoms with E-state index in [1.165, 1.54) is 4.31 Å². The van der Waals surface area contributed by atoms with Gasteiger partial charge in [0, 0.05) is 30.8 Å². The summed E-state index contributed by atoms with van der Waals surface area (Å²) in [6, 6.07) is 1.56. The van der Waals surface area contributed by atoms with E-state index in [2.05, 4.69) is 26.2 Å². The van der Waals surface area contributed by atoms with Gasteiger partial charge in [-0.15, -0.1) is 0 Å². The molecule has 0 amide bonds. The van der Waals surface area contributed by atoms with Crippen molar-refractivity contribution in [2.75, 3.05) is 25.5 Å². The van der Waals surface area contributed by atoms with Crippen molar-refractivity contribution in [3.63, 3.8) is 0 Å². The molecule has 0 bridgehead atoms. The predicted octanol–water partition coefficient (Wildman–Crippen LogP) is 1.92. The second-order valence-corrected chi connectivity index (χ2v) is 6.16. The summed E-state index contributed by atoms with van der Waals surface area (Å²) in [6.07, 6.45) is 1.56. The molecule has 1 rings (SSSR count). The first-order valence-electron chi connectivity index (χ1n) is 5.30. The van der Waals surface area contributed by atoms with E-state index in [0.29, 0.717) is 23.4 Å². The second-order valence-electron chi connectivity index (χ2n) is 3.34. The van der Waals surface area contributed by atoms with Crippen LogP contribution < -0.4 is 5.32 Å². The quantitative estimate of drug-likeness (QED) is 0.900. The fraction of sp³-hybridized carbons (Fsp3) is 0.500. The van der Waals surface area contributed by atoms with Crippen LogP contribution >= 0.6 is 15.9 Å². The Hall–Kier alpha value is -0.660. The highest BCUT2D eigenvalue weighted by Gasteiger charge is 2.25. The Kier molecular flexibility index (Phi) is 4.91. The Labute approximate surface area is 110 Å². The molecule has 0 radical (unpaired) electrons. The topological polar surface area (TPSA) is 62.3 Å². The summed E-state index contributed by atoms with van der Waals surface area (Å²) in [7, 11) is -1.84. The third-order valence-electron chi connectivity index (χ3n) is 2.38. The van der Waals surface area contributed by atoms with Crippen LogP contribution in [0.5, 0.6) is 0 Å². The zero-order valence-electron chi connectivity index (χ0n) is 10.1. The van der Waals surface area contributed by atoms with Gasteiger partial charge in [-0.25, -0.2) is 13.4 Å². The number of pyridine rings is 1. The molecular weight excluding hydrogens is 306 g/mol. The molecule has 1 aromatic heterocycles. The summed E-state index contributed by atoms with van der Waals surface area (Å²) in [4.78, 5) is 4.24. The number of rotatable bonds is 5. The number of hydrogen-bond acceptors (Lipinski definition) is 4. The van der Waals surface area contributed by atoms with E-state index in [1.807, 2.05) is 13.8 Å². The highest BCUT2D eigenvalue weighted by Crippen LogP contribution is 2.25. The lowest BCUT2D eigenvalue weighted by Gasteiger charge is -2.19. The SMILES string of the molecule is CCN(CC)S(=O)(=O)c1cc(Br)cnc1NC. The van der Waals surface area contributed by atoms with Crippen molar-refractivity contribution in [2.45, 2.75) is 18.7 Å². The van der Waals surface area contributed by atoms with Crippen LogP contribution in [-0.4, -0.2) is 37.8 Å². The molecule has 5 nitrogen and oxygen atoms in total. The smallest absolute Gasteiger partial charge is 0.246 e. The van der Waals surface area contributed by atoms with Crippen molar-refractivity contribution in [1.82, 2.24) is 9.29 Å². The van der Waals surface area contributed by atoms with Crippen LogP contribution in [0.15, 0.2) is 21.6 Å². The third-order valence-corrected chi connectivity index (χ3v) is 4.88. The summed E-state index contributed by atoms with van der Waals surface area (Å²) < 4.78 is 26.7. The van der Waals surface area contributed by atoms with E-state index in [0.717, 1.165) is 0 Å². The molecule has 0 aliphatic carbocycles. The van der Waals surface area contributed by atoms with Crippen LogP contribution in [-0.2, 0) is 10.0 Å². The molecule has 0 saturated heterocycles. The van der Waals surface area contributed by atoms with Gasteiger partial charge >= 0.3 is 0 Å². The molecule has 1 aromatic rings. The first kappa shape index (κ1) is 14.4. The molecule has 96 valence electrons. The van der Waals surface area contributed by atoms with Gasteiger partial charge in [-0.3, -0.25) is 0 Å². The molecule has 0 atom stereocenters. The molecule has 0 fully saturated rings. The van der Waals surface area contributed by atoms with Gasteiger partial charge in [0.25, 0.3) is 0 Å². The molecule has 0 unspecified atom stereocenters. The number of halogens is 1. The maximum Gasteiger partial charge on any atom is 0.246 e. The number of anilines is 1. The molecule has 0 saturated carbocycles. The zero-order chi connectivity index (χ0) is 13.1. The third kappa shape index (κ3) is 2.97. The summed E-state index contributed by atoms with van der Waals surface area (Å²) in [5, 5.41) is 2.79. The van der Waals surface area contributed by atoms with E-state index in [4.69, 9.17) is 0 Å². The monoisotopic (exact) mass is 321 g/mol. The van der Waals surface area contributed by atoms with Crippen LogP contribution in [0.25, 0.3) is 0 Å². The van der Waals surface area contributed by atoms with E-state index < -0.39 is 10.0 Å². The van der Waals surface area contributed by atoms with Gasteiger partial charge in [0.2, 0.25) is 10.0 Å². The minimum Gasteiger partial charge on any atom is -0.372 e. The van der Waals surface area contributed by atoms with Crippen LogP contribution in [0.4, 0.5) is 5.82 Å². The van der Waals surface area contributed by atoms with Crippen LogP contribution in [0, 0.1) is 0 Å². The number of nitrogens with one attached hydrogen (secondary N) is 1. The Morgan fingerprint density at radius 3 is 2.47 bits per heavy atom. The highest BCUT2D eigenvalue weighted by molar-refractivity contribution is 9.10. The fourth-order valence-electron chi connectivity index (χ4n) is 1.51. The number of aromatic nitrogens is 1. The summed E-state index contributed by atoms with van der Waals surface area (Å²) in [5.41, 5.74) is 0. The lowest BCUT2D eigenvalue weighted by atomic mass is 10.4. The van der Waals surface area contributed by atoms with Gasteiger partial charge in [0.1, 0.15) is 10.7 Å². The Morgan fingerprint density at radius 2 is 2.00 bits per heavy atom. The molecule has 0 aliphatic rings. The van der Waals surface area contributed by atoms with Crippen LogP contribution in [0.3, 0.4) is 0 Å².